The summed E-state index contributed by atoms with van der Waals surface area (Å²) in [6.07, 6.45) is 5.53. The van der Waals surface area contributed by atoms with Crippen LogP contribution >= 0.6 is 0 Å². The predicted octanol–water partition coefficient (Wildman–Crippen LogP) is 3.33. The first-order valence-corrected chi connectivity index (χ1v) is 11.3. The van der Waals surface area contributed by atoms with Gasteiger partial charge in [0.1, 0.15) is 0 Å². The first-order valence-electron chi connectivity index (χ1n) is 9.84. The minimum absolute atomic E-state index is 0.421. The lowest BCUT2D eigenvalue weighted by Crippen LogP contribution is -2.53. The highest BCUT2D eigenvalue weighted by molar-refractivity contribution is 7.89. The Morgan fingerprint density at radius 3 is 2.31 bits per heavy atom. The standard InChI is InChI=1S/C21H26N2O2S/c24-26(25,20-8-7-17-3-1-2-4-18(17)15-20)23-11-9-22(10-12-23)21-14-16-5-6-19(21)13-16/h1-4,7-8,15-16,19,21H,5-6,9-14H2. The molecule has 0 radical (unpaired) electrons. The van der Waals surface area contributed by atoms with Crippen LogP contribution in [-0.2, 0) is 10.0 Å². The number of rotatable bonds is 3. The highest BCUT2D eigenvalue weighted by Gasteiger charge is 2.43. The zero-order valence-electron chi connectivity index (χ0n) is 15.0. The highest BCUT2D eigenvalue weighted by Crippen LogP contribution is 2.46. The SMILES string of the molecule is O=S(=O)(c1ccc2ccccc2c1)N1CCN(C2CC3CCC2C3)CC1. The van der Waals surface area contributed by atoms with Crippen molar-refractivity contribution in [2.75, 3.05) is 26.2 Å². The van der Waals surface area contributed by atoms with Crippen molar-refractivity contribution in [1.29, 1.82) is 0 Å². The zero-order valence-corrected chi connectivity index (χ0v) is 15.9. The van der Waals surface area contributed by atoms with Gasteiger partial charge in [-0.05, 0) is 54.0 Å². The van der Waals surface area contributed by atoms with E-state index in [9.17, 15) is 8.42 Å². The third-order valence-corrected chi connectivity index (χ3v) is 8.70. The van der Waals surface area contributed by atoms with Crippen LogP contribution < -0.4 is 0 Å². The molecule has 138 valence electrons. The second-order valence-electron chi connectivity index (χ2n) is 8.19. The number of hydrogen-bond donors (Lipinski definition) is 0. The third kappa shape index (κ3) is 2.77. The lowest BCUT2D eigenvalue weighted by Gasteiger charge is -2.40. The molecule has 4 nitrogen and oxygen atoms in total. The van der Waals surface area contributed by atoms with E-state index < -0.39 is 10.0 Å². The Kier molecular flexibility index (Phi) is 4.07. The molecular formula is C21H26N2O2S. The van der Waals surface area contributed by atoms with Crippen LogP contribution in [0.15, 0.2) is 47.4 Å². The van der Waals surface area contributed by atoms with E-state index in [0.29, 0.717) is 24.0 Å². The van der Waals surface area contributed by atoms with Crippen LogP contribution in [0.25, 0.3) is 10.8 Å². The van der Waals surface area contributed by atoms with Gasteiger partial charge < -0.3 is 0 Å². The van der Waals surface area contributed by atoms with E-state index in [1.165, 1.54) is 25.7 Å². The van der Waals surface area contributed by atoms with Gasteiger partial charge in [0.05, 0.1) is 4.90 Å². The number of hydrogen-bond acceptors (Lipinski definition) is 3. The molecule has 3 aliphatic rings. The van der Waals surface area contributed by atoms with Gasteiger partial charge in [0.2, 0.25) is 10.0 Å². The van der Waals surface area contributed by atoms with E-state index in [1.54, 1.807) is 10.4 Å². The van der Waals surface area contributed by atoms with Crippen molar-refractivity contribution in [3.05, 3.63) is 42.5 Å². The van der Waals surface area contributed by atoms with E-state index in [0.717, 1.165) is 35.7 Å². The van der Waals surface area contributed by atoms with Crippen molar-refractivity contribution in [2.24, 2.45) is 11.8 Å². The molecule has 2 aromatic rings. The Hall–Kier alpha value is -1.43. The summed E-state index contributed by atoms with van der Waals surface area (Å²) >= 11 is 0. The first kappa shape index (κ1) is 16.7. The largest absolute Gasteiger partial charge is 0.297 e. The first-order chi connectivity index (χ1) is 12.6. The van der Waals surface area contributed by atoms with Gasteiger partial charge in [0.15, 0.2) is 0 Å². The van der Waals surface area contributed by atoms with E-state index >= 15 is 0 Å². The van der Waals surface area contributed by atoms with Crippen LogP contribution in [0.3, 0.4) is 0 Å². The molecule has 3 fully saturated rings. The molecule has 3 unspecified atom stereocenters. The predicted molar refractivity (Wildman–Crippen MR) is 104 cm³/mol. The molecule has 0 N–H and O–H groups in total. The monoisotopic (exact) mass is 370 g/mol. The minimum Gasteiger partial charge on any atom is -0.297 e. The number of fused-ring (bicyclic) bond motifs is 3. The molecule has 2 aliphatic carbocycles. The molecule has 2 bridgehead atoms. The van der Waals surface area contributed by atoms with Crippen LogP contribution in [-0.4, -0.2) is 49.8 Å². The second kappa shape index (κ2) is 6.32. The lowest BCUT2D eigenvalue weighted by atomic mass is 9.93. The van der Waals surface area contributed by atoms with Crippen LogP contribution in [0.4, 0.5) is 0 Å². The van der Waals surface area contributed by atoms with Gasteiger partial charge in [-0.15, -0.1) is 0 Å². The molecule has 0 spiro atoms. The Bertz CT molecular complexity index is 919. The summed E-state index contributed by atoms with van der Waals surface area (Å²) in [4.78, 5) is 2.99. The van der Waals surface area contributed by atoms with Crippen LogP contribution in [0.5, 0.6) is 0 Å². The molecule has 5 heteroatoms. The maximum absolute atomic E-state index is 13.1. The van der Waals surface area contributed by atoms with E-state index in [-0.39, 0.29) is 0 Å². The quantitative estimate of drug-likeness (QED) is 0.832. The Morgan fingerprint density at radius 2 is 1.62 bits per heavy atom. The van der Waals surface area contributed by atoms with Gasteiger partial charge in [-0.3, -0.25) is 4.90 Å². The number of benzene rings is 2. The number of sulfonamides is 1. The average molecular weight is 371 g/mol. The van der Waals surface area contributed by atoms with Gasteiger partial charge >= 0.3 is 0 Å². The minimum atomic E-state index is -3.40. The number of piperazine rings is 1. The van der Waals surface area contributed by atoms with Crippen molar-refractivity contribution in [1.82, 2.24) is 9.21 Å². The van der Waals surface area contributed by atoms with E-state index in [1.807, 2.05) is 36.4 Å². The Labute approximate surface area is 155 Å². The van der Waals surface area contributed by atoms with Crippen LogP contribution in [0.2, 0.25) is 0 Å². The van der Waals surface area contributed by atoms with Gasteiger partial charge in [-0.25, -0.2) is 8.42 Å². The van der Waals surface area contributed by atoms with Crippen molar-refractivity contribution >= 4 is 20.8 Å². The summed E-state index contributed by atoms with van der Waals surface area (Å²) in [5, 5.41) is 2.06. The normalized spacial score (nSPS) is 30.2. The molecule has 2 aromatic carbocycles. The fraction of sp³-hybridized carbons (Fsp3) is 0.524. The maximum Gasteiger partial charge on any atom is 0.243 e. The average Bonchev–Trinajstić information content (AvgIpc) is 3.31. The summed E-state index contributed by atoms with van der Waals surface area (Å²) in [6.45, 7) is 2.98. The molecule has 0 aromatic heterocycles. The fourth-order valence-electron chi connectivity index (χ4n) is 5.41. The zero-order chi connectivity index (χ0) is 17.7. The molecule has 5 rings (SSSR count). The smallest absolute Gasteiger partial charge is 0.243 e. The molecule has 0 amide bonds. The Morgan fingerprint density at radius 1 is 0.846 bits per heavy atom. The molecular weight excluding hydrogens is 344 g/mol. The molecule has 1 heterocycles. The van der Waals surface area contributed by atoms with E-state index in [4.69, 9.17) is 0 Å². The molecule has 2 saturated carbocycles. The fourth-order valence-corrected chi connectivity index (χ4v) is 6.87. The summed E-state index contributed by atoms with van der Waals surface area (Å²) in [5.41, 5.74) is 0. The van der Waals surface area contributed by atoms with Gasteiger partial charge in [-0.1, -0.05) is 36.8 Å². The summed E-state index contributed by atoms with van der Waals surface area (Å²) < 4.78 is 27.9. The molecule has 3 atom stereocenters. The lowest BCUT2D eigenvalue weighted by molar-refractivity contribution is 0.101. The molecule has 1 saturated heterocycles. The topological polar surface area (TPSA) is 40.6 Å². The summed E-state index contributed by atoms with van der Waals surface area (Å²) in [6, 6.07) is 14.1. The number of nitrogens with zero attached hydrogens (tertiary/aromatic N) is 2. The van der Waals surface area contributed by atoms with Crippen LogP contribution in [0, 0.1) is 11.8 Å². The third-order valence-electron chi connectivity index (χ3n) is 6.80. The van der Waals surface area contributed by atoms with Gasteiger partial charge in [0.25, 0.3) is 0 Å². The van der Waals surface area contributed by atoms with Crippen molar-refractivity contribution in [3.63, 3.8) is 0 Å². The highest BCUT2D eigenvalue weighted by atomic mass is 32.2. The summed E-state index contributed by atoms with van der Waals surface area (Å²) in [7, 11) is -3.40. The molecule has 1 aliphatic heterocycles. The summed E-state index contributed by atoms with van der Waals surface area (Å²) in [5.74, 6) is 1.80. The molecule has 26 heavy (non-hydrogen) atoms. The second-order valence-corrected chi connectivity index (χ2v) is 10.1. The van der Waals surface area contributed by atoms with Crippen LogP contribution in [0.1, 0.15) is 25.7 Å². The van der Waals surface area contributed by atoms with Crippen molar-refractivity contribution in [3.8, 4) is 0 Å². The van der Waals surface area contributed by atoms with Gasteiger partial charge in [0, 0.05) is 32.2 Å². The van der Waals surface area contributed by atoms with E-state index in [2.05, 4.69) is 4.90 Å². The Balaban J connectivity index is 1.31. The van der Waals surface area contributed by atoms with Crippen molar-refractivity contribution < 1.29 is 8.42 Å². The maximum atomic E-state index is 13.1. The van der Waals surface area contributed by atoms with Gasteiger partial charge in [-0.2, -0.15) is 4.31 Å². The van der Waals surface area contributed by atoms with Crippen molar-refractivity contribution in [2.45, 2.75) is 36.6 Å².